The summed E-state index contributed by atoms with van der Waals surface area (Å²) in [6.07, 6.45) is 2.29. The Morgan fingerprint density at radius 2 is 1.49 bits per heavy atom. The number of anilines is 2. The van der Waals surface area contributed by atoms with Crippen molar-refractivity contribution in [1.29, 1.82) is 0 Å². The van der Waals surface area contributed by atoms with Crippen LogP contribution in [0.4, 0.5) is 11.4 Å². The van der Waals surface area contributed by atoms with E-state index in [1.165, 1.54) is 11.0 Å². The molecule has 6 atom stereocenters. The molecule has 0 radical (unpaired) electrons. The van der Waals surface area contributed by atoms with Gasteiger partial charge in [0.15, 0.2) is 5.78 Å². The molecular weight excluding hydrogens is 817 g/mol. The standard InChI is InChI=1S/C48H39Cl2N3O8/c1-60-33-18-11-30(12-19-33)48-38(45(57)53(47(48)59)51-40-22-13-31(49)25-39(40)50)26-37-35(42(48)27-9-16-34(17-10-27)61-24-23-54)20-21-36-41(37)46(58)52(44(36)56)32-14-7-29(8-15-32)43(55)28-5-3-2-4-6-28/h2-20,22,25,36-38,41-42,51,54H,21,23-24,26H2,1H3. The lowest BCUT2D eigenvalue weighted by Gasteiger charge is -2.50. The Morgan fingerprint density at radius 3 is 2.16 bits per heavy atom. The maximum Gasteiger partial charge on any atom is 0.260 e. The summed E-state index contributed by atoms with van der Waals surface area (Å²) in [5, 5.41) is 11.0. The summed E-state index contributed by atoms with van der Waals surface area (Å²) in [5.41, 5.74) is 5.06. The second-order valence-electron chi connectivity index (χ2n) is 15.6. The first-order valence-electron chi connectivity index (χ1n) is 19.9. The Hall–Kier alpha value is -6.27. The van der Waals surface area contributed by atoms with Crippen LogP contribution < -0.4 is 19.8 Å². The summed E-state index contributed by atoms with van der Waals surface area (Å²) in [7, 11) is 1.54. The zero-order chi connectivity index (χ0) is 42.6. The van der Waals surface area contributed by atoms with E-state index in [0.29, 0.717) is 50.2 Å². The molecule has 2 aliphatic heterocycles. The van der Waals surface area contributed by atoms with Gasteiger partial charge in [0.25, 0.3) is 11.8 Å². The minimum absolute atomic E-state index is 0.0799. The Balaban J connectivity index is 1.15. The molecule has 308 valence electrons. The number of halogens is 2. The van der Waals surface area contributed by atoms with Crippen LogP contribution in [-0.4, -0.2) is 59.9 Å². The van der Waals surface area contributed by atoms with Crippen molar-refractivity contribution in [2.45, 2.75) is 24.2 Å². The number of carbonyl (C=O) groups is 5. The van der Waals surface area contributed by atoms with Crippen LogP contribution in [0.3, 0.4) is 0 Å². The number of hydrazine groups is 1. The lowest BCUT2D eigenvalue weighted by atomic mass is 9.49. The van der Waals surface area contributed by atoms with Crippen LogP contribution in [0.25, 0.3) is 0 Å². The summed E-state index contributed by atoms with van der Waals surface area (Å²) in [6, 6.07) is 34.3. The number of ether oxygens (including phenoxy) is 2. The van der Waals surface area contributed by atoms with Gasteiger partial charge in [-0.05, 0) is 96.6 Å². The summed E-state index contributed by atoms with van der Waals surface area (Å²) >= 11 is 12.8. The highest BCUT2D eigenvalue weighted by atomic mass is 35.5. The zero-order valence-corrected chi connectivity index (χ0v) is 34.3. The monoisotopic (exact) mass is 855 g/mol. The van der Waals surface area contributed by atoms with Gasteiger partial charge in [0.05, 0.1) is 53.3 Å². The predicted molar refractivity (Wildman–Crippen MR) is 228 cm³/mol. The molecule has 2 heterocycles. The molecule has 2 aliphatic carbocycles. The van der Waals surface area contributed by atoms with E-state index in [9.17, 15) is 19.5 Å². The second kappa shape index (κ2) is 16.0. The molecule has 6 unspecified atom stereocenters. The Morgan fingerprint density at radius 1 is 0.803 bits per heavy atom. The molecule has 0 aromatic heterocycles. The second-order valence-corrected chi connectivity index (χ2v) is 16.5. The number of rotatable bonds is 11. The Labute approximate surface area is 361 Å². The van der Waals surface area contributed by atoms with Crippen molar-refractivity contribution in [3.05, 3.63) is 165 Å². The molecule has 0 bridgehead atoms. The van der Waals surface area contributed by atoms with Crippen LogP contribution in [0.1, 0.15) is 45.8 Å². The SMILES string of the molecule is COc1ccc(C23C(=O)N(Nc4ccc(Cl)cc4Cl)C(=O)C2CC2C(=CCC4C(=O)N(c5ccc(C(=O)c6ccccc6)cc5)C(=O)C42)C3c2ccc(OCCO)cc2)cc1. The van der Waals surface area contributed by atoms with Crippen molar-refractivity contribution in [2.75, 3.05) is 30.6 Å². The highest BCUT2D eigenvalue weighted by molar-refractivity contribution is 6.36. The van der Waals surface area contributed by atoms with E-state index < -0.39 is 52.7 Å². The zero-order valence-electron chi connectivity index (χ0n) is 32.8. The number of methoxy groups -OCH3 is 1. The molecular formula is C48H39Cl2N3O8. The first kappa shape index (κ1) is 40.2. The van der Waals surface area contributed by atoms with Gasteiger partial charge in [0.1, 0.15) is 18.1 Å². The van der Waals surface area contributed by atoms with Crippen LogP contribution in [0, 0.1) is 23.7 Å². The van der Waals surface area contributed by atoms with Crippen LogP contribution >= 0.6 is 23.2 Å². The fraction of sp³-hybridized carbons (Fsp3) is 0.229. The van der Waals surface area contributed by atoms with Gasteiger partial charge in [-0.1, -0.05) is 89.4 Å². The van der Waals surface area contributed by atoms with E-state index >= 15 is 9.59 Å². The number of hydrogen-bond donors (Lipinski definition) is 2. The number of benzene rings is 5. The molecule has 1 saturated carbocycles. The fourth-order valence-corrected chi connectivity index (χ4v) is 10.4. The summed E-state index contributed by atoms with van der Waals surface area (Å²) in [4.78, 5) is 74.2. The van der Waals surface area contributed by atoms with Crippen molar-refractivity contribution in [1.82, 2.24) is 5.01 Å². The van der Waals surface area contributed by atoms with Gasteiger partial charge < -0.3 is 14.6 Å². The number of allylic oxidation sites excluding steroid dienone is 2. The molecule has 61 heavy (non-hydrogen) atoms. The minimum Gasteiger partial charge on any atom is -0.497 e. The van der Waals surface area contributed by atoms with Gasteiger partial charge in [-0.3, -0.25) is 34.3 Å². The quantitative estimate of drug-likeness (QED) is 0.0774. The number of amides is 4. The van der Waals surface area contributed by atoms with Crippen LogP contribution in [0.5, 0.6) is 11.5 Å². The number of aliphatic hydroxyl groups is 1. The first-order chi connectivity index (χ1) is 29.6. The molecule has 2 saturated heterocycles. The van der Waals surface area contributed by atoms with Gasteiger partial charge in [0.2, 0.25) is 11.8 Å². The van der Waals surface area contributed by atoms with Crippen molar-refractivity contribution in [2.24, 2.45) is 23.7 Å². The van der Waals surface area contributed by atoms with E-state index in [1.807, 2.05) is 24.3 Å². The third-order valence-electron chi connectivity index (χ3n) is 12.6. The topological polar surface area (TPSA) is 143 Å². The Kier molecular flexibility index (Phi) is 10.5. The van der Waals surface area contributed by atoms with Crippen LogP contribution in [0.15, 0.2) is 133 Å². The lowest BCUT2D eigenvalue weighted by Crippen LogP contribution is -2.53. The number of aliphatic hydroxyl groups excluding tert-OH is 1. The molecule has 4 amide bonds. The average molecular weight is 857 g/mol. The van der Waals surface area contributed by atoms with Gasteiger partial charge in [-0.25, -0.2) is 0 Å². The van der Waals surface area contributed by atoms with Gasteiger partial charge in [-0.2, -0.15) is 5.01 Å². The highest BCUT2D eigenvalue weighted by Crippen LogP contribution is 2.64. The number of carbonyl (C=O) groups excluding carboxylic acids is 5. The molecule has 9 rings (SSSR count). The molecule has 13 heteroatoms. The normalized spacial score (nSPS) is 24.2. The number of imide groups is 2. The molecule has 11 nitrogen and oxygen atoms in total. The molecule has 5 aromatic rings. The predicted octanol–water partition coefficient (Wildman–Crippen LogP) is 7.79. The molecule has 5 aromatic carbocycles. The minimum atomic E-state index is -1.54. The average Bonchev–Trinajstić information content (AvgIpc) is 3.67. The third-order valence-corrected chi connectivity index (χ3v) is 13.1. The van der Waals surface area contributed by atoms with E-state index in [2.05, 4.69) is 5.43 Å². The third kappa shape index (κ3) is 6.59. The molecule has 3 fully saturated rings. The highest BCUT2D eigenvalue weighted by Gasteiger charge is 2.70. The van der Waals surface area contributed by atoms with E-state index in [0.717, 1.165) is 10.6 Å². The number of nitrogens with zero attached hydrogens (tertiary/aromatic N) is 2. The number of hydrogen-bond acceptors (Lipinski definition) is 9. The van der Waals surface area contributed by atoms with Crippen molar-refractivity contribution >= 4 is 64.0 Å². The first-order valence-corrected chi connectivity index (χ1v) is 20.7. The molecule has 2 N–H and O–H groups in total. The summed E-state index contributed by atoms with van der Waals surface area (Å²) in [5.74, 6) is -4.91. The molecule has 4 aliphatic rings. The number of nitrogens with one attached hydrogen (secondary N) is 1. The summed E-state index contributed by atoms with van der Waals surface area (Å²) in [6.45, 7) is -0.100. The number of ketones is 1. The van der Waals surface area contributed by atoms with Crippen molar-refractivity contribution < 1.29 is 38.6 Å². The van der Waals surface area contributed by atoms with E-state index in [-0.39, 0.29) is 42.8 Å². The van der Waals surface area contributed by atoms with Gasteiger partial charge in [-0.15, -0.1) is 0 Å². The van der Waals surface area contributed by atoms with E-state index in [1.54, 1.807) is 104 Å². The maximum atomic E-state index is 15.5. The maximum absolute atomic E-state index is 15.5. The number of fused-ring (bicyclic) bond motifs is 4. The van der Waals surface area contributed by atoms with Gasteiger partial charge in [0, 0.05) is 22.1 Å². The largest absolute Gasteiger partial charge is 0.497 e. The smallest absolute Gasteiger partial charge is 0.260 e. The summed E-state index contributed by atoms with van der Waals surface area (Å²) < 4.78 is 11.2. The van der Waals surface area contributed by atoms with E-state index in [4.69, 9.17) is 32.7 Å². The fourth-order valence-electron chi connectivity index (χ4n) is 9.91. The van der Waals surface area contributed by atoms with Gasteiger partial charge >= 0.3 is 0 Å². The molecule has 0 spiro atoms. The Bertz CT molecular complexity index is 2600. The van der Waals surface area contributed by atoms with Crippen molar-refractivity contribution in [3.63, 3.8) is 0 Å². The van der Waals surface area contributed by atoms with Crippen LogP contribution in [0.2, 0.25) is 10.0 Å². The van der Waals surface area contributed by atoms with Crippen LogP contribution in [-0.2, 0) is 24.6 Å². The van der Waals surface area contributed by atoms with Crippen molar-refractivity contribution in [3.8, 4) is 11.5 Å². The lowest BCUT2D eigenvalue weighted by molar-refractivity contribution is -0.138.